The Labute approximate surface area is 191 Å². The summed E-state index contributed by atoms with van der Waals surface area (Å²) in [5.74, 6) is -3.07. The first-order chi connectivity index (χ1) is 15.8. The summed E-state index contributed by atoms with van der Waals surface area (Å²) >= 11 is 0. The lowest BCUT2D eigenvalue weighted by Gasteiger charge is -2.41. The van der Waals surface area contributed by atoms with Gasteiger partial charge in [-0.15, -0.1) is 0 Å². The normalized spacial score (nSPS) is 27.1. The highest BCUT2D eigenvalue weighted by molar-refractivity contribution is 6.53. The number of carbonyl (C=O) groups is 3. The molecule has 2 saturated heterocycles. The molecule has 2 aliphatic heterocycles. The Morgan fingerprint density at radius 1 is 1.15 bits per heavy atom. The average Bonchev–Trinajstić information content (AvgIpc) is 3.02. The Morgan fingerprint density at radius 2 is 1.94 bits per heavy atom. The highest BCUT2D eigenvalue weighted by Gasteiger charge is 2.57. The van der Waals surface area contributed by atoms with Gasteiger partial charge in [0.25, 0.3) is 0 Å². The van der Waals surface area contributed by atoms with Crippen LogP contribution in [0.4, 0.5) is 0 Å². The van der Waals surface area contributed by atoms with E-state index in [1.165, 1.54) is 11.0 Å². The van der Waals surface area contributed by atoms with Gasteiger partial charge in [0, 0.05) is 13.0 Å². The molecule has 10 heteroatoms. The number of carboxylic acids is 1. The Balaban J connectivity index is 1.55. The predicted molar refractivity (Wildman–Crippen MR) is 117 cm³/mol. The number of imide groups is 1. The summed E-state index contributed by atoms with van der Waals surface area (Å²) < 4.78 is 5.80. The molecule has 4 N–H and O–H groups in total. The molecular formula is C23H28BNO8. The van der Waals surface area contributed by atoms with Crippen molar-refractivity contribution in [3.63, 3.8) is 0 Å². The summed E-state index contributed by atoms with van der Waals surface area (Å²) in [5, 5.41) is 39.3. The van der Waals surface area contributed by atoms with Crippen molar-refractivity contribution in [1.29, 1.82) is 0 Å². The number of hydrogen-bond acceptors (Lipinski definition) is 7. The maximum atomic E-state index is 13.3. The Morgan fingerprint density at radius 3 is 2.64 bits per heavy atom. The molecule has 2 amide bonds. The fourth-order valence-electron chi connectivity index (χ4n) is 5.51. The van der Waals surface area contributed by atoms with Crippen molar-refractivity contribution in [2.75, 3.05) is 13.2 Å². The van der Waals surface area contributed by atoms with E-state index in [9.17, 15) is 29.6 Å². The van der Waals surface area contributed by atoms with Gasteiger partial charge in [-0.2, -0.15) is 0 Å². The van der Waals surface area contributed by atoms with Gasteiger partial charge in [-0.05, 0) is 60.3 Å². The van der Waals surface area contributed by atoms with Crippen molar-refractivity contribution in [2.45, 2.75) is 44.6 Å². The third-order valence-electron chi connectivity index (χ3n) is 7.01. The van der Waals surface area contributed by atoms with Crippen LogP contribution in [0, 0.1) is 17.8 Å². The number of allylic oxidation sites excluding steroid dienone is 1. The molecule has 0 unspecified atom stereocenters. The molecule has 0 saturated carbocycles. The number of phenols is 1. The molecule has 176 valence electrons. The van der Waals surface area contributed by atoms with Crippen LogP contribution in [0.3, 0.4) is 0 Å². The van der Waals surface area contributed by atoms with Gasteiger partial charge in [0.1, 0.15) is 5.75 Å². The van der Waals surface area contributed by atoms with Crippen LogP contribution in [0.25, 0.3) is 0 Å². The summed E-state index contributed by atoms with van der Waals surface area (Å²) in [5.41, 5.74) is 1.68. The van der Waals surface area contributed by atoms with Gasteiger partial charge in [0.05, 0.1) is 24.5 Å². The lowest BCUT2D eigenvalue weighted by Crippen LogP contribution is -2.45. The number of aliphatic hydroxyl groups is 1. The van der Waals surface area contributed by atoms with Crippen molar-refractivity contribution >= 4 is 24.9 Å². The number of aliphatic carboxylic acids is 1. The molecule has 0 aromatic heterocycles. The fourth-order valence-corrected chi connectivity index (χ4v) is 5.51. The van der Waals surface area contributed by atoms with Crippen LogP contribution in [-0.2, 0) is 19.0 Å². The van der Waals surface area contributed by atoms with Gasteiger partial charge < -0.3 is 25.0 Å². The molecule has 1 aromatic carbocycles. The molecule has 0 radical (unpaired) electrons. The van der Waals surface area contributed by atoms with E-state index in [2.05, 4.69) is 0 Å². The first-order valence-corrected chi connectivity index (χ1v) is 11.3. The van der Waals surface area contributed by atoms with Gasteiger partial charge in [-0.25, -0.2) is 0 Å². The van der Waals surface area contributed by atoms with Gasteiger partial charge in [0.2, 0.25) is 11.8 Å². The number of rotatable bonds is 8. The zero-order valence-corrected chi connectivity index (χ0v) is 18.2. The standard InChI is InChI=1S/C23H28BNO8/c26-12-14-10-17-20(23(31)25(22(17)30)8-3-1-2-7-19(28)29)16-11-18(33-24(32)21(14)16)13-5-4-6-15(27)9-13/h4-6,9,16-18,20,26-27,32H,1-3,7-8,10-12H2,(H,28,29)/t16-,17-,18-,20+/m0/s1. The molecule has 2 fully saturated rings. The SMILES string of the molecule is O=C(O)CCCCCN1C(=O)[C@H]2[C@H](CC(CO)=C3B(O)O[C@H](c4cccc(O)c4)C[C@H]32)C1=O. The number of carbonyl (C=O) groups excluding carboxylic acids is 2. The molecule has 4 rings (SSSR count). The molecule has 3 aliphatic rings. The van der Waals surface area contributed by atoms with Gasteiger partial charge in [-0.3, -0.25) is 19.3 Å². The molecule has 9 nitrogen and oxygen atoms in total. The average molecular weight is 457 g/mol. The van der Waals surface area contributed by atoms with Gasteiger partial charge in [-0.1, -0.05) is 18.6 Å². The first-order valence-electron chi connectivity index (χ1n) is 11.3. The third-order valence-corrected chi connectivity index (χ3v) is 7.01. The highest BCUT2D eigenvalue weighted by Crippen LogP contribution is 2.51. The number of likely N-dealkylation sites (tertiary alicyclic amines) is 1. The number of unbranched alkanes of at least 4 members (excludes halogenated alkanes) is 2. The topological polar surface area (TPSA) is 145 Å². The number of carboxylic acid groups (broad SMARTS) is 1. The highest BCUT2D eigenvalue weighted by atomic mass is 16.5. The number of nitrogens with zero attached hydrogens (tertiary/aromatic N) is 1. The monoisotopic (exact) mass is 457 g/mol. The Kier molecular flexibility index (Phi) is 6.87. The lowest BCUT2D eigenvalue weighted by molar-refractivity contribution is -0.141. The van der Waals surface area contributed by atoms with E-state index in [0.717, 1.165) is 0 Å². The maximum Gasteiger partial charge on any atom is 0.487 e. The van der Waals surface area contributed by atoms with Crippen LogP contribution in [0.1, 0.15) is 50.2 Å². The molecule has 33 heavy (non-hydrogen) atoms. The summed E-state index contributed by atoms with van der Waals surface area (Å²) in [4.78, 5) is 38.4. The second kappa shape index (κ2) is 9.66. The smallest absolute Gasteiger partial charge is 0.487 e. The molecule has 0 spiro atoms. The minimum atomic E-state index is -1.31. The van der Waals surface area contributed by atoms with Crippen LogP contribution in [0.5, 0.6) is 5.75 Å². The van der Waals surface area contributed by atoms with Crippen molar-refractivity contribution in [3.05, 3.63) is 40.9 Å². The van der Waals surface area contributed by atoms with E-state index < -0.39 is 36.9 Å². The van der Waals surface area contributed by atoms with Crippen molar-refractivity contribution in [1.82, 2.24) is 4.90 Å². The lowest BCUT2D eigenvalue weighted by atomic mass is 9.55. The van der Waals surface area contributed by atoms with Crippen LogP contribution in [0.2, 0.25) is 0 Å². The van der Waals surface area contributed by atoms with E-state index in [1.807, 2.05) is 0 Å². The van der Waals surface area contributed by atoms with E-state index in [1.54, 1.807) is 18.2 Å². The largest absolute Gasteiger partial charge is 0.508 e. The molecule has 1 aliphatic carbocycles. The summed E-state index contributed by atoms with van der Waals surface area (Å²) in [7, 11) is -1.31. The molecule has 2 heterocycles. The van der Waals surface area contributed by atoms with Crippen molar-refractivity contribution < 1.29 is 39.4 Å². The summed E-state index contributed by atoms with van der Waals surface area (Å²) in [6, 6.07) is 6.52. The minimum absolute atomic E-state index is 0.0523. The van der Waals surface area contributed by atoms with Gasteiger partial charge >= 0.3 is 13.1 Å². The van der Waals surface area contributed by atoms with Gasteiger partial charge in [0.15, 0.2) is 0 Å². The third kappa shape index (κ3) is 4.55. The Hall–Kier alpha value is -2.69. The number of aromatic hydroxyl groups is 1. The summed E-state index contributed by atoms with van der Waals surface area (Å²) in [6.07, 6.45) is 1.62. The minimum Gasteiger partial charge on any atom is -0.508 e. The first kappa shape index (κ1) is 23.5. The molecule has 4 atom stereocenters. The van der Waals surface area contributed by atoms with E-state index in [0.29, 0.717) is 42.3 Å². The summed E-state index contributed by atoms with van der Waals surface area (Å²) in [6.45, 7) is -0.0985. The number of amides is 2. The van der Waals surface area contributed by atoms with Crippen LogP contribution < -0.4 is 0 Å². The number of phenolic OH excluding ortho intramolecular Hbond substituents is 1. The number of fused-ring (bicyclic) bond motifs is 3. The van der Waals surface area contributed by atoms with Crippen molar-refractivity contribution in [2.24, 2.45) is 17.8 Å². The number of benzene rings is 1. The second-order valence-corrected chi connectivity index (χ2v) is 9.00. The number of aliphatic hydroxyl groups excluding tert-OH is 1. The second-order valence-electron chi connectivity index (χ2n) is 9.00. The van der Waals surface area contributed by atoms with E-state index in [-0.39, 0.29) is 43.6 Å². The fraction of sp³-hybridized carbons (Fsp3) is 0.522. The predicted octanol–water partition coefficient (Wildman–Crippen LogP) is 1.43. The Bertz CT molecular complexity index is 979. The quantitative estimate of drug-likeness (QED) is 0.261. The van der Waals surface area contributed by atoms with Crippen LogP contribution >= 0.6 is 0 Å². The van der Waals surface area contributed by atoms with Crippen LogP contribution in [0.15, 0.2) is 35.3 Å². The van der Waals surface area contributed by atoms with Crippen LogP contribution in [-0.4, -0.2) is 63.3 Å². The van der Waals surface area contributed by atoms with E-state index in [4.69, 9.17) is 9.76 Å². The van der Waals surface area contributed by atoms with E-state index >= 15 is 0 Å². The molecule has 1 aromatic rings. The van der Waals surface area contributed by atoms with Crippen molar-refractivity contribution in [3.8, 4) is 5.75 Å². The zero-order valence-electron chi connectivity index (χ0n) is 18.2. The zero-order chi connectivity index (χ0) is 23.7. The molecular weight excluding hydrogens is 429 g/mol. The number of hydrogen-bond donors (Lipinski definition) is 4. The maximum absolute atomic E-state index is 13.3. The molecule has 0 bridgehead atoms.